The SMILES string of the molecule is C/C=C(/C)C(=O)OC(C)(C)[C@H]1Oc2ccc3ccc(=O)oc3c2[C@@H]1OC. The highest BCUT2D eigenvalue weighted by Crippen LogP contribution is 2.46. The molecule has 0 fully saturated rings. The van der Waals surface area contributed by atoms with E-state index in [4.69, 9.17) is 18.6 Å². The van der Waals surface area contributed by atoms with Crippen LogP contribution in [-0.4, -0.2) is 24.8 Å². The lowest BCUT2D eigenvalue weighted by atomic mass is 9.93. The van der Waals surface area contributed by atoms with E-state index in [1.54, 1.807) is 53.0 Å². The van der Waals surface area contributed by atoms with E-state index in [9.17, 15) is 9.59 Å². The smallest absolute Gasteiger partial charge is 0.336 e. The van der Waals surface area contributed by atoms with Crippen LogP contribution in [0, 0.1) is 0 Å². The molecule has 26 heavy (non-hydrogen) atoms. The summed E-state index contributed by atoms with van der Waals surface area (Å²) in [5.41, 5.74) is 0.177. The van der Waals surface area contributed by atoms with Crippen molar-refractivity contribution in [1.29, 1.82) is 0 Å². The van der Waals surface area contributed by atoms with Gasteiger partial charge in [0, 0.05) is 24.1 Å². The Morgan fingerprint density at radius 3 is 2.58 bits per heavy atom. The molecule has 2 aromatic rings. The minimum absolute atomic E-state index is 0.414. The van der Waals surface area contributed by atoms with E-state index in [1.165, 1.54) is 6.07 Å². The lowest BCUT2D eigenvalue weighted by Gasteiger charge is -2.33. The van der Waals surface area contributed by atoms with E-state index in [2.05, 4.69) is 0 Å². The number of ether oxygens (including phenoxy) is 3. The van der Waals surface area contributed by atoms with Crippen LogP contribution in [-0.2, 0) is 14.3 Å². The van der Waals surface area contributed by atoms with E-state index < -0.39 is 29.4 Å². The molecule has 0 unspecified atom stereocenters. The van der Waals surface area contributed by atoms with Crippen molar-refractivity contribution in [2.75, 3.05) is 7.11 Å². The molecule has 3 rings (SSSR count). The molecule has 0 radical (unpaired) electrons. The average molecular weight is 358 g/mol. The molecule has 138 valence electrons. The second-order valence-corrected chi connectivity index (χ2v) is 6.81. The maximum atomic E-state index is 12.2. The van der Waals surface area contributed by atoms with Crippen LogP contribution in [0.2, 0.25) is 0 Å². The molecule has 0 bridgehead atoms. The van der Waals surface area contributed by atoms with Gasteiger partial charge in [-0.25, -0.2) is 9.59 Å². The molecule has 1 aliphatic rings. The van der Waals surface area contributed by atoms with Crippen molar-refractivity contribution in [3.8, 4) is 5.75 Å². The molecule has 0 amide bonds. The largest absolute Gasteiger partial charge is 0.483 e. The number of hydrogen-bond donors (Lipinski definition) is 0. The molecule has 0 spiro atoms. The molecule has 2 heterocycles. The van der Waals surface area contributed by atoms with Crippen LogP contribution in [0.3, 0.4) is 0 Å². The Labute approximate surface area is 151 Å². The molecule has 1 aromatic carbocycles. The molecule has 2 atom stereocenters. The number of carbonyl (C=O) groups is 1. The van der Waals surface area contributed by atoms with Gasteiger partial charge in [-0.2, -0.15) is 0 Å². The third-order valence-corrected chi connectivity index (χ3v) is 4.65. The minimum atomic E-state index is -0.970. The summed E-state index contributed by atoms with van der Waals surface area (Å²) in [7, 11) is 1.55. The van der Waals surface area contributed by atoms with Crippen molar-refractivity contribution >= 4 is 16.9 Å². The first kappa shape index (κ1) is 18.2. The number of benzene rings is 1. The third-order valence-electron chi connectivity index (χ3n) is 4.65. The van der Waals surface area contributed by atoms with Gasteiger partial charge < -0.3 is 18.6 Å². The van der Waals surface area contributed by atoms with Crippen molar-refractivity contribution < 1.29 is 23.4 Å². The van der Waals surface area contributed by atoms with E-state index in [1.807, 2.05) is 6.07 Å². The number of hydrogen-bond acceptors (Lipinski definition) is 6. The van der Waals surface area contributed by atoms with Crippen molar-refractivity contribution in [3.63, 3.8) is 0 Å². The lowest BCUT2D eigenvalue weighted by molar-refractivity contribution is -0.167. The first-order valence-electron chi connectivity index (χ1n) is 8.41. The van der Waals surface area contributed by atoms with Gasteiger partial charge >= 0.3 is 11.6 Å². The maximum absolute atomic E-state index is 12.2. The maximum Gasteiger partial charge on any atom is 0.336 e. The Morgan fingerprint density at radius 1 is 1.23 bits per heavy atom. The molecule has 0 aliphatic carbocycles. The fourth-order valence-electron chi connectivity index (χ4n) is 3.10. The monoisotopic (exact) mass is 358 g/mol. The van der Waals surface area contributed by atoms with Crippen LogP contribution in [0.1, 0.15) is 39.4 Å². The van der Waals surface area contributed by atoms with Crippen LogP contribution in [0.4, 0.5) is 0 Å². The first-order valence-corrected chi connectivity index (χ1v) is 8.41. The zero-order chi connectivity index (χ0) is 19.1. The highest BCUT2D eigenvalue weighted by molar-refractivity contribution is 5.88. The quantitative estimate of drug-likeness (QED) is 0.473. The molecule has 0 saturated carbocycles. The van der Waals surface area contributed by atoms with E-state index in [0.29, 0.717) is 22.5 Å². The van der Waals surface area contributed by atoms with Crippen molar-refractivity contribution in [1.82, 2.24) is 0 Å². The van der Waals surface area contributed by atoms with Crippen molar-refractivity contribution in [2.45, 2.75) is 45.5 Å². The summed E-state index contributed by atoms with van der Waals surface area (Å²) in [4.78, 5) is 23.9. The van der Waals surface area contributed by atoms with E-state index in [-0.39, 0.29) is 0 Å². The van der Waals surface area contributed by atoms with E-state index in [0.717, 1.165) is 5.39 Å². The molecule has 6 heteroatoms. The number of allylic oxidation sites excluding steroid dienone is 1. The van der Waals surface area contributed by atoms with Gasteiger partial charge in [-0.05, 0) is 45.9 Å². The van der Waals surface area contributed by atoms with Crippen LogP contribution in [0.25, 0.3) is 11.0 Å². The van der Waals surface area contributed by atoms with Gasteiger partial charge in [0.25, 0.3) is 0 Å². The highest BCUT2D eigenvalue weighted by atomic mass is 16.6. The van der Waals surface area contributed by atoms with Crippen LogP contribution in [0.5, 0.6) is 5.75 Å². The Bertz CT molecular complexity index is 937. The number of rotatable bonds is 4. The predicted octanol–water partition coefficient (Wildman–Crippen LogP) is 3.53. The van der Waals surface area contributed by atoms with Gasteiger partial charge in [0.15, 0.2) is 6.10 Å². The topological polar surface area (TPSA) is 75.0 Å². The Hall–Kier alpha value is -2.60. The Balaban J connectivity index is 2.03. The number of fused-ring (bicyclic) bond motifs is 3. The molecule has 0 N–H and O–H groups in total. The fourth-order valence-corrected chi connectivity index (χ4v) is 3.10. The zero-order valence-electron chi connectivity index (χ0n) is 15.5. The van der Waals surface area contributed by atoms with Gasteiger partial charge in [-0.3, -0.25) is 0 Å². The summed E-state index contributed by atoms with van der Waals surface area (Å²) in [5, 5.41) is 0.772. The summed E-state index contributed by atoms with van der Waals surface area (Å²) < 4.78 is 22.8. The molecular formula is C20H22O6. The number of carbonyl (C=O) groups excluding carboxylic acids is 1. The molecule has 1 aromatic heterocycles. The van der Waals surface area contributed by atoms with Crippen LogP contribution < -0.4 is 10.4 Å². The van der Waals surface area contributed by atoms with Gasteiger partial charge in [0.2, 0.25) is 0 Å². The Kier molecular flexibility index (Phi) is 4.63. The average Bonchev–Trinajstić information content (AvgIpc) is 3.00. The normalized spacial score (nSPS) is 20.0. The molecule has 1 aliphatic heterocycles. The third kappa shape index (κ3) is 3.01. The first-order chi connectivity index (χ1) is 12.3. The standard InChI is InChI=1S/C20H22O6/c1-6-11(2)19(22)26-20(3,4)18-17(23-5)15-13(24-18)9-7-12-8-10-14(21)25-16(12)15/h6-10,17-18H,1-5H3/b11-6-/t17-,18-/m0/s1. The van der Waals surface area contributed by atoms with Gasteiger partial charge in [-0.1, -0.05) is 6.08 Å². The summed E-state index contributed by atoms with van der Waals surface area (Å²) in [6.07, 6.45) is 0.554. The lowest BCUT2D eigenvalue weighted by Crippen LogP contribution is -2.46. The second kappa shape index (κ2) is 6.61. The number of methoxy groups -OCH3 is 1. The van der Waals surface area contributed by atoms with Crippen LogP contribution >= 0.6 is 0 Å². The minimum Gasteiger partial charge on any atom is -0.483 e. The fraction of sp³-hybridized carbons (Fsp3) is 0.400. The van der Waals surface area contributed by atoms with Gasteiger partial charge in [0.05, 0.1) is 5.56 Å². The summed E-state index contributed by atoms with van der Waals surface area (Å²) in [6, 6.07) is 6.69. The number of esters is 1. The van der Waals surface area contributed by atoms with Gasteiger partial charge in [-0.15, -0.1) is 0 Å². The van der Waals surface area contributed by atoms with Crippen molar-refractivity contribution in [3.05, 3.63) is 51.9 Å². The molecule has 6 nitrogen and oxygen atoms in total. The van der Waals surface area contributed by atoms with Crippen molar-refractivity contribution in [2.24, 2.45) is 0 Å². The Morgan fingerprint density at radius 2 is 1.92 bits per heavy atom. The zero-order valence-corrected chi connectivity index (χ0v) is 15.5. The second-order valence-electron chi connectivity index (χ2n) is 6.81. The van der Waals surface area contributed by atoms with Crippen LogP contribution in [0.15, 0.2) is 45.1 Å². The predicted molar refractivity (Wildman–Crippen MR) is 96.3 cm³/mol. The van der Waals surface area contributed by atoms with Gasteiger partial charge in [0.1, 0.15) is 23.0 Å². The molecule has 0 saturated heterocycles. The summed E-state index contributed by atoms with van der Waals surface area (Å²) in [6.45, 7) is 7.01. The summed E-state index contributed by atoms with van der Waals surface area (Å²) >= 11 is 0. The van der Waals surface area contributed by atoms with E-state index >= 15 is 0 Å². The highest BCUT2D eigenvalue weighted by Gasteiger charge is 2.48. The molecular weight excluding hydrogens is 336 g/mol. The summed E-state index contributed by atoms with van der Waals surface area (Å²) in [5.74, 6) is 0.138.